The zero-order valence-corrected chi connectivity index (χ0v) is 22.4. The summed E-state index contributed by atoms with van der Waals surface area (Å²) in [5.74, 6) is -2.65. The number of rotatable bonds is 7. The van der Waals surface area contributed by atoms with Gasteiger partial charge in [0.15, 0.2) is 0 Å². The van der Waals surface area contributed by atoms with Gasteiger partial charge in [0.2, 0.25) is 0 Å². The average Bonchev–Trinajstić information content (AvgIpc) is 3.50. The minimum atomic E-state index is -2.91. The maximum absolute atomic E-state index is 14.3. The van der Waals surface area contributed by atoms with Gasteiger partial charge in [0.1, 0.15) is 0 Å². The Morgan fingerprint density at radius 2 is 1.69 bits per heavy atom. The monoisotopic (exact) mass is 534 g/mol. The minimum absolute atomic E-state index is 0.0206. The van der Waals surface area contributed by atoms with Gasteiger partial charge in [0, 0.05) is 56.2 Å². The molecule has 3 aromatic rings. The summed E-state index contributed by atoms with van der Waals surface area (Å²) in [4.78, 5) is 17.9. The maximum atomic E-state index is 14.3. The van der Waals surface area contributed by atoms with E-state index in [1.807, 2.05) is 17.0 Å². The molecule has 2 aliphatic heterocycles. The number of aliphatic hydroxyl groups is 1. The molecule has 0 bridgehead atoms. The third kappa shape index (κ3) is 5.19. The molecular weight excluding hydrogens is 498 g/mol. The molecule has 2 saturated heterocycles. The summed E-state index contributed by atoms with van der Waals surface area (Å²) in [6.45, 7) is 3.83. The fourth-order valence-corrected chi connectivity index (χ4v) is 6.39. The van der Waals surface area contributed by atoms with Crippen LogP contribution in [0.15, 0.2) is 54.7 Å². The van der Waals surface area contributed by atoms with Gasteiger partial charge in [0.25, 0.3) is 11.8 Å². The second-order valence-corrected chi connectivity index (χ2v) is 11.4. The van der Waals surface area contributed by atoms with Gasteiger partial charge in [-0.1, -0.05) is 36.4 Å². The zero-order valence-electron chi connectivity index (χ0n) is 22.4. The Bertz CT molecular complexity index is 1320. The van der Waals surface area contributed by atoms with Gasteiger partial charge in [-0.2, -0.15) is 5.10 Å². The van der Waals surface area contributed by atoms with Gasteiger partial charge in [-0.05, 0) is 55.4 Å². The summed E-state index contributed by atoms with van der Waals surface area (Å²) >= 11 is 0. The van der Waals surface area contributed by atoms with E-state index in [0.717, 1.165) is 62.6 Å². The van der Waals surface area contributed by atoms with E-state index >= 15 is 0 Å². The molecule has 0 spiro atoms. The number of amides is 1. The molecule has 0 radical (unpaired) electrons. The van der Waals surface area contributed by atoms with Crippen LogP contribution in [0.4, 0.5) is 14.5 Å². The van der Waals surface area contributed by atoms with Crippen LogP contribution >= 0.6 is 0 Å². The molecule has 3 fully saturated rings. The fraction of sp³-hybridized carbons (Fsp3) is 0.484. The van der Waals surface area contributed by atoms with Gasteiger partial charge >= 0.3 is 0 Å². The number of halogens is 2. The normalized spacial score (nSPS) is 20.6. The number of anilines is 1. The van der Waals surface area contributed by atoms with Crippen LogP contribution in [0, 0.1) is 0 Å². The van der Waals surface area contributed by atoms with Crippen LogP contribution in [0.1, 0.15) is 89.6 Å². The van der Waals surface area contributed by atoms with Crippen molar-refractivity contribution in [3.8, 4) is 0 Å². The van der Waals surface area contributed by atoms with Crippen molar-refractivity contribution < 1.29 is 18.7 Å². The predicted molar refractivity (Wildman–Crippen MR) is 146 cm³/mol. The molecule has 8 heteroatoms. The SMILES string of the molecule is CC(F)(F)c1ccccc1C1CCN(C(=O)c2cnn(C3CCN(c4ccc(CO)cc4)CC3)c2C2CC2)C1. The Hall–Kier alpha value is -3.26. The van der Waals surface area contributed by atoms with Crippen molar-refractivity contribution in [3.63, 3.8) is 0 Å². The van der Waals surface area contributed by atoms with Crippen molar-refractivity contribution in [2.75, 3.05) is 31.1 Å². The van der Waals surface area contributed by atoms with Gasteiger partial charge in [-0.25, -0.2) is 8.78 Å². The molecule has 206 valence electrons. The van der Waals surface area contributed by atoms with Crippen molar-refractivity contribution >= 4 is 11.6 Å². The molecule has 1 atom stereocenters. The zero-order chi connectivity index (χ0) is 27.1. The number of carbonyl (C=O) groups is 1. The van der Waals surface area contributed by atoms with E-state index in [4.69, 9.17) is 5.10 Å². The lowest BCUT2D eigenvalue weighted by molar-refractivity contribution is 0.0162. The summed E-state index contributed by atoms with van der Waals surface area (Å²) in [7, 11) is 0. The second-order valence-electron chi connectivity index (χ2n) is 11.4. The molecule has 2 aromatic carbocycles. The number of piperidine rings is 1. The molecule has 1 aliphatic carbocycles. The van der Waals surface area contributed by atoms with Crippen molar-refractivity contribution in [1.29, 1.82) is 0 Å². The maximum Gasteiger partial charge on any atom is 0.270 e. The van der Waals surface area contributed by atoms with Crippen molar-refractivity contribution in [1.82, 2.24) is 14.7 Å². The highest BCUT2D eigenvalue weighted by molar-refractivity contribution is 5.95. The molecule has 3 aliphatic rings. The lowest BCUT2D eigenvalue weighted by Crippen LogP contribution is -2.35. The summed E-state index contributed by atoms with van der Waals surface area (Å²) in [5, 5.41) is 14.1. The first-order chi connectivity index (χ1) is 18.8. The third-order valence-corrected chi connectivity index (χ3v) is 8.67. The smallest absolute Gasteiger partial charge is 0.270 e. The largest absolute Gasteiger partial charge is 0.392 e. The Morgan fingerprint density at radius 3 is 2.36 bits per heavy atom. The fourth-order valence-electron chi connectivity index (χ4n) is 6.39. The molecule has 1 N–H and O–H groups in total. The van der Waals surface area contributed by atoms with Crippen LogP contribution in [0.3, 0.4) is 0 Å². The Balaban J connectivity index is 1.16. The quantitative estimate of drug-likeness (QED) is 0.414. The summed E-state index contributed by atoms with van der Waals surface area (Å²) in [6, 6.07) is 15.1. The first-order valence-corrected chi connectivity index (χ1v) is 14.1. The van der Waals surface area contributed by atoms with E-state index in [2.05, 4.69) is 21.7 Å². The molecular formula is C31H36F2N4O2. The van der Waals surface area contributed by atoms with E-state index in [-0.39, 0.29) is 30.0 Å². The third-order valence-electron chi connectivity index (χ3n) is 8.67. The Kier molecular flexibility index (Phi) is 6.91. The Morgan fingerprint density at radius 1 is 0.974 bits per heavy atom. The summed E-state index contributed by atoms with van der Waals surface area (Å²) in [5.41, 5.74) is 4.54. The number of nitrogens with zero attached hydrogens (tertiary/aromatic N) is 4. The number of alkyl halides is 2. The topological polar surface area (TPSA) is 61.6 Å². The molecule has 1 saturated carbocycles. The van der Waals surface area contributed by atoms with Crippen molar-refractivity contribution in [3.05, 3.63) is 82.7 Å². The van der Waals surface area contributed by atoms with Gasteiger partial charge in [-0.3, -0.25) is 9.48 Å². The summed E-state index contributed by atoms with van der Waals surface area (Å²) in [6.07, 6.45) is 6.48. The van der Waals surface area contributed by atoms with Crippen LogP contribution in [0.2, 0.25) is 0 Å². The number of likely N-dealkylation sites (tertiary alicyclic amines) is 1. The van der Waals surface area contributed by atoms with E-state index in [0.29, 0.717) is 36.6 Å². The molecule has 1 amide bonds. The number of hydrogen-bond acceptors (Lipinski definition) is 4. The highest BCUT2D eigenvalue weighted by Gasteiger charge is 2.39. The van der Waals surface area contributed by atoms with E-state index in [1.54, 1.807) is 24.4 Å². The molecule has 6 rings (SSSR count). The van der Waals surface area contributed by atoms with Gasteiger partial charge in [0.05, 0.1) is 30.1 Å². The standard InChI is InChI=1S/C31H36F2N4O2/c1-31(32,33)28-5-3-2-4-26(28)23-12-15-36(19-23)30(39)27-18-34-37(29(27)22-8-9-22)25-13-16-35(17-14-25)24-10-6-21(20-38)7-11-24/h2-7,10-11,18,22-23,25,38H,8-9,12-17,19-20H2,1H3. The second kappa shape index (κ2) is 10.4. The van der Waals surface area contributed by atoms with Crippen LogP contribution < -0.4 is 4.90 Å². The first-order valence-electron chi connectivity index (χ1n) is 14.1. The number of aromatic nitrogens is 2. The molecule has 1 unspecified atom stereocenters. The van der Waals surface area contributed by atoms with E-state index < -0.39 is 5.92 Å². The predicted octanol–water partition coefficient (Wildman–Crippen LogP) is 5.84. The van der Waals surface area contributed by atoms with Crippen molar-refractivity contribution in [2.24, 2.45) is 0 Å². The minimum Gasteiger partial charge on any atom is -0.392 e. The van der Waals surface area contributed by atoms with E-state index in [1.165, 1.54) is 6.07 Å². The number of aliphatic hydroxyl groups excluding tert-OH is 1. The number of carbonyl (C=O) groups excluding carboxylic acids is 1. The first kappa shape index (κ1) is 26.0. The molecule has 6 nitrogen and oxygen atoms in total. The van der Waals surface area contributed by atoms with Crippen LogP contribution in [0.5, 0.6) is 0 Å². The number of hydrogen-bond donors (Lipinski definition) is 1. The lowest BCUT2D eigenvalue weighted by atomic mass is 9.91. The summed E-state index contributed by atoms with van der Waals surface area (Å²) < 4.78 is 30.7. The average molecular weight is 535 g/mol. The molecule has 3 heterocycles. The Labute approximate surface area is 228 Å². The van der Waals surface area contributed by atoms with Gasteiger partial charge < -0.3 is 14.9 Å². The molecule has 39 heavy (non-hydrogen) atoms. The number of benzene rings is 2. The van der Waals surface area contributed by atoms with Crippen LogP contribution in [0.25, 0.3) is 0 Å². The highest BCUT2D eigenvalue weighted by atomic mass is 19.3. The lowest BCUT2D eigenvalue weighted by Gasteiger charge is -2.34. The van der Waals surface area contributed by atoms with Crippen LogP contribution in [-0.4, -0.2) is 51.9 Å². The van der Waals surface area contributed by atoms with Gasteiger partial charge in [-0.15, -0.1) is 0 Å². The molecule has 1 aromatic heterocycles. The van der Waals surface area contributed by atoms with E-state index in [9.17, 15) is 18.7 Å². The highest BCUT2D eigenvalue weighted by Crippen LogP contribution is 2.44. The van der Waals surface area contributed by atoms with Crippen molar-refractivity contribution in [2.45, 2.75) is 69.4 Å². The van der Waals surface area contributed by atoms with Crippen LogP contribution in [-0.2, 0) is 12.5 Å².